The summed E-state index contributed by atoms with van der Waals surface area (Å²) in [6.45, 7) is 0.682. The van der Waals surface area contributed by atoms with Gasteiger partial charge in [0.15, 0.2) is 11.5 Å². The summed E-state index contributed by atoms with van der Waals surface area (Å²) in [4.78, 5) is 21.3. The number of nitrogens with zero attached hydrogens (tertiary/aromatic N) is 4. The molecule has 2 rings (SSSR count). The van der Waals surface area contributed by atoms with E-state index in [1.165, 1.54) is 12.4 Å². The van der Waals surface area contributed by atoms with Gasteiger partial charge in [-0.25, -0.2) is 9.97 Å². The zero-order chi connectivity index (χ0) is 12.3. The van der Waals surface area contributed by atoms with Crippen LogP contribution >= 0.6 is 0 Å². The highest BCUT2D eigenvalue weighted by atomic mass is 16.1. The minimum atomic E-state index is -0.382. The van der Waals surface area contributed by atoms with Gasteiger partial charge in [0.2, 0.25) is 5.91 Å². The second-order valence-electron chi connectivity index (χ2n) is 3.95. The van der Waals surface area contributed by atoms with E-state index in [1.807, 2.05) is 6.07 Å². The minimum absolute atomic E-state index is 0.237. The predicted octanol–water partition coefficient (Wildman–Crippen LogP) is 0.192. The monoisotopic (exact) mass is 231 g/mol. The van der Waals surface area contributed by atoms with Crippen LogP contribution in [0.15, 0.2) is 12.4 Å². The van der Waals surface area contributed by atoms with E-state index in [2.05, 4.69) is 9.97 Å². The molecule has 1 aliphatic rings. The highest BCUT2D eigenvalue weighted by Crippen LogP contribution is 2.24. The van der Waals surface area contributed by atoms with Gasteiger partial charge >= 0.3 is 0 Å². The molecule has 6 heteroatoms. The molecule has 1 aromatic heterocycles. The zero-order valence-corrected chi connectivity index (χ0v) is 9.33. The number of rotatable bonds is 2. The molecule has 0 aliphatic carbocycles. The zero-order valence-electron chi connectivity index (χ0n) is 9.33. The van der Waals surface area contributed by atoms with Crippen molar-refractivity contribution in [3.8, 4) is 6.07 Å². The second-order valence-corrected chi connectivity index (χ2v) is 3.95. The second kappa shape index (κ2) is 4.78. The number of nitrogens with two attached hydrogens (primary N) is 1. The average molecular weight is 231 g/mol. The average Bonchev–Trinajstić information content (AvgIpc) is 2.38. The first-order chi connectivity index (χ1) is 8.24. The van der Waals surface area contributed by atoms with E-state index >= 15 is 0 Å². The van der Waals surface area contributed by atoms with Gasteiger partial charge in [0.1, 0.15) is 12.1 Å². The fraction of sp³-hybridized carbons (Fsp3) is 0.455. The molecule has 1 unspecified atom stereocenters. The van der Waals surface area contributed by atoms with E-state index < -0.39 is 0 Å². The molecule has 1 aliphatic heterocycles. The van der Waals surface area contributed by atoms with Crippen molar-refractivity contribution < 1.29 is 4.79 Å². The summed E-state index contributed by atoms with van der Waals surface area (Å²) in [6, 6.07) is 1.60. The van der Waals surface area contributed by atoms with E-state index in [4.69, 9.17) is 11.0 Å². The molecule has 1 saturated heterocycles. The van der Waals surface area contributed by atoms with Gasteiger partial charge in [-0.1, -0.05) is 0 Å². The molecule has 0 aromatic carbocycles. The van der Waals surface area contributed by atoms with Crippen molar-refractivity contribution in [3.63, 3.8) is 0 Å². The third kappa shape index (κ3) is 2.18. The summed E-state index contributed by atoms with van der Waals surface area (Å²) in [5, 5.41) is 8.98. The van der Waals surface area contributed by atoms with Crippen LogP contribution in [0.25, 0.3) is 0 Å². The molecule has 1 aromatic rings. The minimum Gasteiger partial charge on any atom is -0.368 e. The lowest BCUT2D eigenvalue weighted by molar-refractivity contribution is -0.119. The number of hydrogen-bond donors (Lipinski definition) is 1. The molecule has 2 heterocycles. The highest BCUT2D eigenvalue weighted by Gasteiger charge is 2.29. The molecular weight excluding hydrogens is 218 g/mol. The fourth-order valence-electron chi connectivity index (χ4n) is 2.10. The molecule has 1 amide bonds. The number of carbonyl (C=O) groups excluding carboxylic acids is 1. The van der Waals surface area contributed by atoms with Crippen molar-refractivity contribution in [2.45, 2.75) is 25.3 Å². The normalized spacial score (nSPS) is 19.7. The third-order valence-electron chi connectivity index (χ3n) is 2.89. The van der Waals surface area contributed by atoms with Crippen molar-refractivity contribution >= 4 is 11.7 Å². The van der Waals surface area contributed by atoms with Gasteiger partial charge in [-0.15, -0.1) is 0 Å². The Balaban J connectivity index is 2.36. The van der Waals surface area contributed by atoms with Crippen molar-refractivity contribution in [1.82, 2.24) is 9.97 Å². The smallest absolute Gasteiger partial charge is 0.240 e. The summed E-state index contributed by atoms with van der Waals surface area (Å²) >= 11 is 0. The van der Waals surface area contributed by atoms with Crippen molar-refractivity contribution in [2.24, 2.45) is 5.73 Å². The van der Waals surface area contributed by atoms with E-state index in [0.29, 0.717) is 18.8 Å². The number of hydrogen-bond acceptors (Lipinski definition) is 5. The Hall–Kier alpha value is -2.16. The number of piperidine rings is 1. The van der Waals surface area contributed by atoms with Crippen LogP contribution in [0.1, 0.15) is 25.0 Å². The molecule has 88 valence electrons. The van der Waals surface area contributed by atoms with E-state index in [0.717, 1.165) is 12.8 Å². The van der Waals surface area contributed by atoms with Gasteiger partial charge < -0.3 is 10.6 Å². The summed E-state index contributed by atoms with van der Waals surface area (Å²) in [5.41, 5.74) is 5.61. The SMILES string of the molecule is N#Cc1nccnc1N1CCCCC1C(N)=O. The maximum atomic E-state index is 11.4. The lowest BCUT2D eigenvalue weighted by atomic mass is 10.0. The molecule has 0 spiro atoms. The van der Waals surface area contributed by atoms with Crippen molar-refractivity contribution in [1.29, 1.82) is 5.26 Å². The Morgan fingerprint density at radius 1 is 1.47 bits per heavy atom. The van der Waals surface area contributed by atoms with Crippen LogP contribution in [0.2, 0.25) is 0 Å². The van der Waals surface area contributed by atoms with Crippen LogP contribution in [0.3, 0.4) is 0 Å². The van der Waals surface area contributed by atoms with E-state index in [9.17, 15) is 4.79 Å². The van der Waals surface area contributed by atoms with Crippen LogP contribution in [0.4, 0.5) is 5.82 Å². The molecular formula is C11H13N5O. The lowest BCUT2D eigenvalue weighted by Crippen LogP contribution is -2.48. The van der Waals surface area contributed by atoms with E-state index in [1.54, 1.807) is 4.90 Å². The largest absolute Gasteiger partial charge is 0.368 e. The van der Waals surface area contributed by atoms with Gasteiger partial charge in [0, 0.05) is 18.9 Å². The van der Waals surface area contributed by atoms with Crippen LogP contribution in [0, 0.1) is 11.3 Å². The Bertz CT molecular complexity index is 467. The topological polar surface area (TPSA) is 95.9 Å². The molecule has 0 saturated carbocycles. The summed E-state index contributed by atoms with van der Waals surface area (Å²) in [6.07, 6.45) is 5.61. The van der Waals surface area contributed by atoms with Crippen LogP contribution in [-0.4, -0.2) is 28.5 Å². The quantitative estimate of drug-likeness (QED) is 0.783. The first-order valence-corrected chi connectivity index (χ1v) is 5.51. The highest BCUT2D eigenvalue weighted by molar-refractivity contribution is 5.83. The Morgan fingerprint density at radius 2 is 2.24 bits per heavy atom. The van der Waals surface area contributed by atoms with Gasteiger partial charge in [-0.05, 0) is 19.3 Å². The summed E-state index contributed by atoms with van der Waals surface area (Å²) in [7, 11) is 0. The van der Waals surface area contributed by atoms with Gasteiger partial charge in [0.05, 0.1) is 0 Å². The molecule has 1 atom stereocenters. The molecule has 0 radical (unpaired) electrons. The Morgan fingerprint density at radius 3 is 2.94 bits per heavy atom. The van der Waals surface area contributed by atoms with Crippen LogP contribution in [-0.2, 0) is 4.79 Å². The lowest BCUT2D eigenvalue weighted by Gasteiger charge is -2.34. The molecule has 6 nitrogen and oxygen atoms in total. The van der Waals surface area contributed by atoms with Gasteiger partial charge in [-0.3, -0.25) is 4.79 Å². The van der Waals surface area contributed by atoms with Crippen molar-refractivity contribution in [3.05, 3.63) is 18.1 Å². The van der Waals surface area contributed by atoms with Crippen LogP contribution in [0.5, 0.6) is 0 Å². The molecule has 1 fully saturated rings. The maximum Gasteiger partial charge on any atom is 0.240 e. The van der Waals surface area contributed by atoms with Gasteiger partial charge in [0.25, 0.3) is 0 Å². The van der Waals surface area contributed by atoms with Crippen LogP contribution < -0.4 is 10.6 Å². The van der Waals surface area contributed by atoms with Gasteiger partial charge in [-0.2, -0.15) is 5.26 Å². The molecule has 2 N–H and O–H groups in total. The number of aromatic nitrogens is 2. The Kier molecular flexibility index (Phi) is 3.19. The number of anilines is 1. The predicted molar refractivity (Wildman–Crippen MR) is 60.9 cm³/mol. The van der Waals surface area contributed by atoms with Crippen molar-refractivity contribution in [2.75, 3.05) is 11.4 Å². The third-order valence-corrected chi connectivity index (χ3v) is 2.89. The molecule has 0 bridgehead atoms. The first kappa shape index (κ1) is 11.3. The Labute approximate surface area is 99.1 Å². The molecule has 17 heavy (non-hydrogen) atoms. The number of primary amides is 1. The fourth-order valence-corrected chi connectivity index (χ4v) is 2.10. The summed E-state index contributed by atoms with van der Waals surface area (Å²) < 4.78 is 0. The maximum absolute atomic E-state index is 11.4. The standard InChI is InChI=1S/C11H13N5O/c12-7-8-11(15-5-4-14-8)16-6-2-1-3-9(16)10(13)17/h4-5,9H,1-3,6H2,(H2,13,17). The summed E-state index contributed by atoms with van der Waals surface area (Å²) in [5.74, 6) is 0.0812. The van der Waals surface area contributed by atoms with E-state index in [-0.39, 0.29) is 17.6 Å². The number of carbonyl (C=O) groups is 1. The number of amides is 1. The number of nitriles is 1. The first-order valence-electron chi connectivity index (χ1n) is 5.51.